The predicted octanol–water partition coefficient (Wildman–Crippen LogP) is 1.22. The maximum absolute atomic E-state index is 12.5. The van der Waals surface area contributed by atoms with Crippen molar-refractivity contribution in [2.24, 2.45) is 7.05 Å². The van der Waals surface area contributed by atoms with E-state index in [0.717, 1.165) is 44.4 Å². The van der Waals surface area contributed by atoms with Crippen LogP contribution in [0.25, 0.3) is 0 Å². The van der Waals surface area contributed by atoms with Gasteiger partial charge < -0.3 is 14.0 Å². The first-order valence-electron chi connectivity index (χ1n) is 8.50. The molecular weight excluding hydrogens is 304 g/mol. The van der Waals surface area contributed by atoms with Crippen molar-refractivity contribution in [3.63, 3.8) is 0 Å². The van der Waals surface area contributed by atoms with Gasteiger partial charge in [0.1, 0.15) is 11.6 Å². The smallest absolute Gasteiger partial charge is 0.224 e. The summed E-state index contributed by atoms with van der Waals surface area (Å²) in [6.45, 7) is 8.27. The Morgan fingerprint density at radius 3 is 2.46 bits per heavy atom. The number of imidazole rings is 2. The molecule has 0 bridgehead atoms. The van der Waals surface area contributed by atoms with Gasteiger partial charge in [0.25, 0.3) is 0 Å². The highest BCUT2D eigenvalue weighted by molar-refractivity contribution is 5.76. The normalized spacial score (nSPS) is 17.2. The van der Waals surface area contributed by atoms with Crippen molar-refractivity contribution in [1.29, 1.82) is 0 Å². The first-order chi connectivity index (χ1) is 11.5. The molecule has 1 amide bonds. The number of nitrogens with zero attached hydrogens (tertiary/aromatic N) is 6. The van der Waals surface area contributed by atoms with Crippen LogP contribution in [0.5, 0.6) is 0 Å². The monoisotopic (exact) mass is 330 g/mol. The zero-order valence-electron chi connectivity index (χ0n) is 14.7. The maximum Gasteiger partial charge on any atom is 0.224 e. The van der Waals surface area contributed by atoms with Crippen molar-refractivity contribution in [3.8, 4) is 0 Å². The van der Waals surface area contributed by atoms with E-state index in [-0.39, 0.29) is 11.9 Å². The number of aromatic nitrogens is 4. The van der Waals surface area contributed by atoms with Crippen LogP contribution in [0.3, 0.4) is 0 Å². The first kappa shape index (κ1) is 16.7. The second-order valence-corrected chi connectivity index (χ2v) is 6.55. The number of hydrogen-bond acceptors (Lipinski definition) is 4. The Morgan fingerprint density at radius 2 is 1.88 bits per heavy atom. The van der Waals surface area contributed by atoms with Gasteiger partial charge in [-0.1, -0.05) is 0 Å². The Morgan fingerprint density at radius 1 is 1.17 bits per heavy atom. The number of rotatable bonds is 5. The van der Waals surface area contributed by atoms with E-state index in [1.165, 1.54) is 0 Å². The summed E-state index contributed by atoms with van der Waals surface area (Å²) < 4.78 is 4.11. The number of carbonyl (C=O) groups is 1. The van der Waals surface area contributed by atoms with Gasteiger partial charge in [0.05, 0.1) is 6.54 Å². The third kappa shape index (κ3) is 3.67. The lowest BCUT2D eigenvalue weighted by Crippen LogP contribution is -2.48. The molecule has 0 aromatic carbocycles. The Labute approximate surface area is 142 Å². The summed E-state index contributed by atoms with van der Waals surface area (Å²) in [7, 11) is 2.02. The summed E-state index contributed by atoms with van der Waals surface area (Å²) in [5, 5.41) is 0. The van der Waals surface area contributed by atoms with Crippen LogP contribution in [0, 0.1) is 6.92 Å². The van der Waals surface area contributed by atoms with Gasteiger partial charge in [-0.25, -0.2) is 9.97 Å². The summed E-state index contributed by atoms with van der Waals surface area (Å²) in [5.41, 5.74) is 0. The van der Waals surface area contributed by atoms with Crippen LogP contribution in [0.1, 0.15) is 31.0 Å². The largest absolute Gasteiger partial charge is 0.340 e. The lowest BCUT2D eigenvalue weighted by atomic mass is 10.2. The molecule has 1 saturated heterocycles. The topological polar surface area (TPSA) is 59.2 Å². The van der Waals surface area contributed by atoms with E-state index in [0.29, 0.717) is 6.42 Å². The van der Waals surface area contributed by atoms with Gasteiger partial charge in [-0.3, -0.25) is 9.69 Å². The lowest BCUT2D eigenvalue weighted by Gasteiger charge is -2.35. The van der Waals surface area contributed by atoms with Crippen LogP contribution in [0.15, 0.2) is 24.8 Å². The minimum absolute atomic E-state index is 0.144. The second kappa shape index (κ2) is 7.17. The average Bonchev–Trinajstić information content (AvgIpc) is 3.17. The molecule has 3 rings (SSSR count). The zero-order chi connectivity index (χ0) is 17.1. The number of hydrogen-bond donors (Lipinski definition) is 0. The van der Waals surface area contributed by atoms with Gasteiger partial charge in [-0.05, 0) is 13.8 Å². The second-order valence-electron chi connectivity index (χ2n) is 6.55. The summed E-state index contributed by atoms with van der Waals surface area (Å²) in [5.74, 6) is 2.25. The number of amides is 1. The van der Waals surface area contributed by atoms with Gasteiger partial charge >= 0.3 is 0 Å². The molecule has 1 atom stereocenters. The van der Waals surface area contributed by atoms with Crippen molar-refractivity contribution >= 4 is 5.91 Å². The quantitative estimate of drug-likeness (QED) is 0.827. The minimum Gasteiger partial charge on any atom is -0.340 e. The van der Waals surface area contributed by atoms with E-state index >= 15 is 0 Å². The molecule has 1 fully saturated rings. The molecular formula is C17H26N6O. The Kier molecular flexibility index (Phi) is 4.99. The first-order valence-corrected chi connectivity index (χ1v) is 8.50. The molecule has 0 saturated carbocycles. The third-order valence-corrected chi connectivity index (χ3v) is 4.82. The Balaban J connectivity index is 1.48. The van der Waals surface area contributed by atoms with Crippen LogP contribution >= 0.6 is 0 Å². The zero-order valence-corrected chi connectivity index (χ0v) is 14.7. The van der Waals surface area contributed by atoms with Crippen molar-refractivity contribution in [2.45, 2.75) is 32.9 Å². The molecule has 2 aromatic rings. The Bertz CT molecular complexity index is 683. The van der Waals surface area contributed by atoms with Crippen molar-refractivity contribution < 1.29 is 4.79 Å². The Hall–Kier alpha value is -2.15. The SMILES string of the molecule is Cc1nccn1[C@H](C)CC(=O)N1CCN(Cc2nccn2C)CC1. The van der Waals surface area contributed by atoms with Crippen molar-refractivity contribution in [2.75, 3.05) is 26.2 Å². The highest BCUT2D eigenvalue weighted by atomic mass is 16.2. The summed E-state index contributed by atoms with van der Waals surface area (Å²) in [6, 6.07) is 0.144. The fourth-order valence-electron chi connectivity index (χ4n) is 3.24. The maximum atomic E-state index is 12.5. The molecule has 0 N–H and O–H groups in total. The molecule has 130 valence electrons. The molecule has 24 heavy (non-hydrogen) atoms. The molecule has 3 heterocycles. The molecule has 7 heteroatoms. The number of piperazine rings is 1. The third-order valence-electron chi connectivity index (χ3n) is 4.82. The van der Waals surface area contributed by atoms with Crippen LogP contribution < -0.4 is 0 Å². The van der Waals surface area contributed by atoms with E-state index in [9.17, 15) is 4.79 Å². The van der Waals surface area contributed by atoms with Crippen LogP contribution in [-0.2, 0) is 18.4 Å². The fourth-order valence-corrected chi connectivity index (χ4v) is 3.24. The number of carbonyl (C=O) groups excluding carboxylic acids is 1. The van der Waals surface area contributed by atoms with Gasteiger partial charge in [0.2, 0.25) is 5.91 Å². The van der Waals surface area contributed by atoms with E-state index in [1.54, 1.807) is 6.20 Å². The van der Waals surface area contributed by atoms with E-state index in [1.807, 2.05) is 42.0 Å². The standard InChI is InChI=1S/C17H26N6O/c1-14(23-7-5-18-15(23)2)12-17(24)22-10-8-21(9-11-22)13-16-19-4-6-20(16)3/h4-7,14H,8-13H2,1-3H3/t14-/m1/s1. The van der Waals surface area contributed by atoms with Crippen LogP contribution in [0.2, 0.25) is 0 Å². The van der Waals surface area contributed by atoms with Crippen LogP contribution in [-0.4, -0.2) is 61.0 Å². The summed E-state index contributed by atoms with van der Waals surface area (Å²) >= 11 is 0. The number of aryl methyl sites for hydroxylation is 2. The van der Waals surface area contributed by atoms with Gasteiger partial charge in [0.15, 0.2) is 0 Å². The lowest BCUT2D eigenvalue weighted by molar-refractivity contribution is -0.133. The average molecular weight is 330 g/mol. The summed E-state index contributed by atoms with van der Waals surface area (Å²) in [6.07, 6.45) is 8.05. The van der Waals surface area contributed by atoms with Crippen LogP contribution in [0.4, 0.5) is 0 Å². The van der Waals surface area contributed by atoms with Crippen molar-refractivity contribution in [3.05, 3.63) is 36.4 Å². The molecule has 0 spiro atoms. The molecule has 1 aliphatic heterocycles. The predicted molar refractivity (Wildman–Crippen MR) is 91.4 cm³/mol. The molecule has 1 aliphatic rings. The summed E-state index contributed by atoms with van der Waals surface area (Å²) in [4.78, 5) is 25.5. The van der Waals surface area contributed by atoms with E-state index in [4.69, 9.17) is 0 Å². The van der Waals surface area contributed by atoms with E-state index < -0.39 is 0 Å². The van der Waals surface area contributed by atoms with Crippen molar-refractivity contribution in [1.82, 2.24) is 28.9 Å². The van der Waals surface area contributed by atoms with E-state index in [2.05, 4.69) is 26.4 Å². The molecule has 0 aliphatic carbocycles. The van der Waals surface area contributed by atoms with Gasteiger partial charge in [-0.15, -0.1) is 0 Å². The highest BCUT2D eigenvalue weighted by Crippen LogP contribution is 2.16. The van der Waals surface area contributed by atoms with Gasteiger partial charge in [-0.2, -0.15) is 0 Å². The van der Waals surface area contributed by atoms with Gasteiger partial charge in [0, 0.05) is 70.5 Å². The fraction of sp³-hybridized carbons (Fsp3) is 0.588. The molecule has 0 radical (unpaired) electrons. The molecule has 0 unspecified atom stereocenters. The minimum atomic E-state index is 0.144. The highest BCUT2D eigenvalue weighted by Gasteiger charge is 2.23. The molecule has 2 aromatic heterocycles. The molecule has 7 nitrogen and oxygen atoms in total.